The Bertz CT molecular complexity index is 822. The monoisotopic (exact) mass is 396 g/mol. The van der Waals surface area contributed by atoms with Crippen LogP contribution in [0.3, 0.4) is 0 Å². The quantitative estimate of drug-likeness (QED) is 0.394. The first-order valence-corrected chi connectivity index (χ1v) is 13.0. The molecule has 3 aromatic rings. The Morgan fingerprint density at radius 3 is 2.04 bits per heavy atom. The van der Waals surface area contributed by atoms with Gasteiger partial charge in [0.15, 0.2) is 0 Å². The highest BCUT2D eigenvalue weighted by atomic mass is 32.4. The van der Waals surface area contributed by atoms with E-state index in [-0.39, 0.29) is 0 Å². The van der Waals surface area contributed by atoms with Gasteiger partial charge in [0.05, 0.1) is 0 Å². The number of thiophene rings is 1. The summed E-state index contributed by atoms with van der Waals surface area (Å²) in [6, 6.07) is 24.0. The molecule has 0 saturated heterocycles. The van der Waals surface area contributed by atoms with Crippen molar-refractivity contribution in [1.29, 1.82) is 0 Å². The summed E-state index contributed by atoms with van der Waals surface area (Å²) in [5, 5.41) is 4.78. The van der Waals surface area contributed by atoms with Gasteiger partial charge in [0, 0.05) is 17.1 Å². The van der Waals surface area contributed by atoms with Crippen LogP contribution >= 0.6 is 17.4 Å². The zero-order valence-corrected chi connectivity index (χ0v) is 17.7. The summed E-state index contributed by atoms with van der Waals surface area (Å²) in [5.41, 5.74) is 1.49. The summed E-state index contributed by atoms with van der Waals surface area (Å²) in [6.07, 6.45) is 6.92. The molecule has 1 aromatic heterocycles. The zero-order chi connectivity index (χ0) is 18.2. The molecule has 0 nitrogen and oxygen atoms in total. The molecule has 3 rings (SSSR count). The van der Waals surface area contributed by atoms with Gasteiger partial charge in [-0.2, -0.15) is 0 Å². The maximum absolute atomic E-state index is 6.43. The van der Waals surface area contributed by atoms with Crippen molar-refractivity contribution < 1.29 is 0 Å². The molecule has 0 radical (unpaired) electrons. The van der Waals surface area contributed by atoms with Gasteiger partial charge in [-0.25, -0.2) is 0 Å². The van der Waals surface area contributed by atoms with E-state index in [1.54, 1.807) is 11.3 Å². The Balaban J connectivity index is 2.02. The lowest BCUT2D eigenvalue weighted by molar-refractivity contribution is 0.792. The number of benzene rings is 2. The average molecular weight is 397 g/mol. The van der Waals surface area contributed by atoms with Crippen molar-refractivity contribution in [3.63, 3.8) is 0 Å². The van der Waals surface area contributed by atoms with E-state index < -0.39 is 6.04 Å². The highest BCUT2D eigenvalue weighted by Crippen LogP contribution is 2.46. The first-order chi connectivity index (χ1) is 12.7. The first-order valence-electron chi connectivity index (χ1n) is 9.15. The number of allylic oxidation sites excluding steroid dienone is 1. The molecule has 0 N–H and O–H groups in total. The average Bonchev–Trinajstić information content (AvgIpc) is 3.20. The van der Waals surface area contributed by atoms with E-state index in [9.17, 15) is 0 Å². The fourth-order valence-corrected chi connectivity index (χ4v) is 7.86. The van der Waals surface area contributed by atoms with Crippen LogP contribution in [0.2, 0.25) is 0 Å². The zero-order valence-electron chi connectivity index (χ0n) is 15.2. The van der Waals surface area contributed by atoms with Crippen LogP contribution in [0.4, 0.5) is 0 Å². The molecule has 0 saturated carbocycles. The summed E-state index contributed by atoms with van der Waals surface area (Å²) in [6.45, 7) is 2.26. The summed E-state index contributed by atoms with van der Waals surface area (Å²) in [4.78, 5) is 1.33. The molecular formula is C23H25PS2. The molecule has 134 valence electrons. The van der Waals surface area contributed by atoms with Crippen molar-refractivity contribution in [2.24, 2.45) is 0 Å². The Kier molecular flexibility index (Phi) is 7.02. The fraction of sp³-hybridized carbons (Fsp3) is 0.217. The predicted octanol–water partition coefficient (Wildman–Crippen LogP) is 6.45. The molecule has 1 heterocycles. The lowest BCUT2D eigenvalue weighted by Gasteiger charge is -2.25. The van der Waals surface area contributed by atoms with Crippen molar-refractivity contribution >= 4 is 45.9 Å². The minimum absolute atomic E-state index is 0.980. The normalized spacial score (nSPS) is 12.3. The minimum Gasteiger partial charge on any atom is -0.144 e. The van der Waals surface area contributed by atoms with Crippen molar-refractivity contribution in [1.82, 2.24) is 0 Å². The lowest BCUT2D eigenvalue weighted by atomic mass is 10.1. The SMILES string of the molecule is CCCC/C(=C\c1cccs1)CP(=S)(c1ccccc1)c1ccccc1. The van der Waals surface area contributed by atoms with Crippen LogP contribution < -0.4 is 10.6 Å². The number of hydrogen-bond donors (Lipinski definition) is 0. The van der Waals surface area contributed by atoms with E-state index in [4.69, 9.17) is 11.8 Å². The third kappa shape index (κ3) is 4.82. The van der Waals surface area contributed by atoms with Crippen LogP contribution in [-0.4, -0.2) is 6.16 Å². The van der Waals surface area contributed by atoms with Crippen molar-refractivity contribution in [3.05, 3.63) is 88.6 Å². The first kappa shape index (κ1) is 19.3. The molecule has 0 atom stereocenters. The molecule has 3 heteroatoms. The van der Waals surface area contributed by atoms with Crippen molar-refractivity contribution in [2.45, 2.75) is 26.2 Å². The maximum Gasteiger partial charge on any atom is 0.0269 e. The molecule has 0 fully saturated rings. The number of rotatable bonds is 8. The van der Waals surface area contributed by atoms with Gasteiger partial charge < -0.3 is 0 Å². The van der Waals surface area contributed by atoms with Gasteiger partial charge in [-0.1, -0.05) is 97.5 Å². The van der Waals surface area contributed by atoms with Gasteiger partial charge in [0.2, 0.25) is 0 Å². The molecule has 2 aromatic carbocycles. The maximum atomic E-state index is 6.43. The Hall–Kier alpha value is -1.47. The van der Waals surface area contributed by atoms with Crippen LogP contribution in [-0.2, 0) is 11.8 Å². The topological polar surface area (TPSA) is 0 Å². The summed E-state index contributed by atoms with van der Waals surface area (Å²) in [5.74, 6) is 0. The standard InChI is InChI=1S/C23H25PS2/c1-2-3-11-20(18-23-16-10-17-26-23)19-24(25,21-12-6-4-7-13-21)22-14-8-5-9-15-22/h4-10,12-18H,2-3,11,19H2,1H3/b20-18+. The van der Waals surface area contributed by atoms with Crippen LogP contribution in [0.5, 0.6) is 0 Å². The Labute approximate surface area is 166 Å². The fourth-order valence-electron chi connectivity index (χ4n) is 3.13. The second kappa shape index (κ2) is 9.46. The van der Waals surface area contributed by atoms with Gasteiger partial charge >= 0.3 is 0 Å². The van der Waals surface area contributed by atoms with E-state index in [2.05, 4.69) is 91.2 Å². The second-order valence-electron chi connectivity index (χ2n) is 6.49. The molecule has 0 unspecified atom stereocenters. The summed E-state index contributed by atoms with van der Waals surface area (Å²) in [7, 11) is 0. The molecule has 0 aliphatic heterocycles. The molecule has 26 heavy (non-hydrogen) atoms. The molecule has 0 aliphatic carbocycles. The van der Waals surface area contributed by atoms with Crippen LogP contribution in [0.1, 0.15) is 31.1 Å². The Morgan fingerprint density at radius 2 is 1.54 bits per heavy atom. The van der Waals surface area contributed by atoms with E-state index >= 15 is 0 Å². The smallest absolute Gasteiger partial charge is 0.0269 e. The second-order valence-corrected chi connectivity index (χ2v) is 12.2. The van der Waals surface area contributed by atoms with Crippen LogP contribution in [0.15, 0.2) is 83.7 Å². The van der Waals surface area contributed by atoms with E-state index in [0.29, 0.717) is 0 Å². The van der Waals surface area contributed by atoms with Gasteiger partial charge in [-0.05, 0) is 41.0 Å². The summed E-state index contributed by atoms with van der Waals surface area (Å²) < 4.78 is 0. The molecular weight excluding hydrogens is 371 g/mol. The Morgan fingerprint density at radius 1 is 0.923 bits per heavy atom. The van der Waals surface area contributed by atoms with Gasteiger partial charge in [-0.3, -0.25) is 0 Å². The summed E-state index contributed by atoms with van der Waals surface area (Å²) >= 11 is 8.24. The molecule has 0 bridgehead atoms. The highest BCUT2D eigenvalue weighted by molar-refractivity contribution is 8.22. The lowest BCUT2D eigenvalue weighted by Crippen LogP contribution is -2.19. The number of hydrogen-bond acceptors (Lipinski definition) is 2. The van der Waals surface area contributed by atoms with E-state index in [1.165, 1.54) is 33.9 Å². The van der Waals surface area contributed by atoms with Gasteiger partial charge in [0.25, 0.3) is 0 Å². The van der Waals surface area contributed by atoms with Gasteiger partial charge in [-0.15, -0.1) is 11.3 Å². The van der Waals surface area contributed by atoms with Crippen molar-refractivity contribution in [2.75, 3.05) is 6.16 Å². The number of unbranched alkanes of at least 4 members (excludes halogenated alkanes) is 1. The predicted molar refractivity (Wildman–Crippen MR) is 123 cm³/mol. The van der Waals surface area contributed by atoms with Crippen LogP contribution in [0.25, 0.3) is 6.08 Å². The van der Waals surface area contributed by atoms with E-state index in [0.717, 1.165) is 12.6 Å². The molecule has 0 aliphatic rings. The third-order valence-corrected chi connectivity index (χ3v) is 10.1. The van der Waals surface area contributed by atoms with E-state index in [1.807, 2.05) is 0 Å². The van der Waals surface area contributed by atoms with Crippen molar-refractivity contribution in [3.8, 4) is 0 Å². The highest BCUT2D eigenvalue weighted by Gasteiger charge is 2.23. The molecule has 0 amide bonds. The third-order valence-electron chi connectivity index (χ3n) is 4.51. The van der Waals surface area contributed by atoms with Gasteiger partial charge in [0.1, 0.15) is 0 Å². The minimum atomic E-state index is -1.87. The molecule has 0 spiro atoms. The largest absolute Gasteiger partial charge is 0.144 e. The van der Waals surface area contributed by atoms with Crippen LogP contribution in [0, 0.1) is 0 Å².